The lowest BCUT2D eigenvalue weighted by Gasteiger charge is -2.12. The molecule has 1 amide bonds. The lowest BCUT2D eigenvalue weighted by Crippen LogP contribution is -2.20. The van der Waals surface area contributed by atoms with E-state index in [9.17, 15) is 4.79 Å². The molecule has 1 N–H and O–H groups in total. The summed E-state index contributed by atoms with van der Waals surface area (Å²) in [5, 5.41) is 2.89. The molecule has 3 aromatic rings. The van der Waals surface area contributed by atoms with Crippen LogP contribution in [0.1, 0.15) is 25.3 Å². The average Bonchev–Trinajstić information content (AvgIpc) is 2.72. The Morgan fingerprint density at radius 2 is 1.59 bits per heavy atom. The van der Waals surface area contributed by atoms with Gasteiger partial charge in [0.25, 0.3) is 5.91 Å². The van der Waals surface area contributed by atoms with Crippen LogP contribution in [0.5, 0.6) is 5.75 Å². The Morgan fingerprint density at radius 1 is 0.889 bits per heavy atom. The number of unbranched alkanes of at least 4 members (excludes halogenated alkanes) is 1. The molecule has 0 aliphatic carbocycles. The van der Waals surface area contributed by atoms with Crippen LogP contribution >= 0.6 is 0 Å². The van der Waals surface area contributed by atoms with Crippen molar-refractivity contribution in [2.75, 3.05) is 11.9 Å². The first-order chi connectivity index (χ1) is 13.3. The molecule has 0 saturated carbocycles. The van der Waals surface area contributed by atoms with Gasteiger partial charge in [-0.05, 0) is 42.2 Å². The summed E-state index contributed by atoms with van der Waals surface area (Å²) in [6.07, 6.45) is 3.44. The zero-order chi connectivity index (χ0) is 18.9. The van der Waals surface area contributed by atoms with Gasteiger partial charge in [0.15, 0.2) is 6.61 Å². The second-order valence-corrected chi connectivity index (χ2v) is 6.50. The molecule has 0 fully saturated rings. The lowest BCUT2D eigenvalue weighted by molar-refractivity contribution is -0.118. The Bertz CT molecular complexity index is 857. The van der Waals surface area contributed by atoms with Crippen molar-refractivity contribution in [2.45, 2.75) is 26.2 Å². The average molecular weight is 359 g/mol. The second-order valence-electron chi connectivity index (χ2n) is 6.50. The predicted octanol–water partition coefficient (Wildman–Crippen LogP) is 5.71. The number of rotatable bonds is 8. The van der Waals surface area contributed by atoms with E-state index in [0.29, 0.717) is 5.75 Å². The lowest BCUT2D eigenvalue weighted by atomic mass is 10.1. The van der Waals surface area contributed by atoms with Crippen molar-refractivity contribution in [2.24, 2.45) is 0 Å². The molecule has 0 aliphatic rings. The molecule has 0 heterocycles. The van der Waals surface area contributed by atoms with Crippen LogP contribution in [0.25, 0.3) is 11.1 Å². The Balaban J connectivity index is 1.58. The van der Waals surface area contributed by atoms with Gasteiger partial charge in [0.1, 0.15) is 5.75 Å². The zero-order valence-electron chi connectivity index (χ0n) is 15.7. The van der Waals surface area contributed by atoms with Crippen LogP contribution in [0.2, 0.25) is 0 Å². The van der Waals surface area contributed by atoms with E-state index < -0.39 is 0 Å². The van der Waals surface area contributed by atoms with Crippen LogP contribution < -0.4 is 10.1 Å². The molecule has 0 atom stereocenters. The number of para-hydroxylation sites is 1. The number of hydrogen-bond donors (Lipinski definition) is 1. The predicted molar refractivity (Wildman–Crippen MR) is 111 cm³/mol. The van der Waals surface area contributed by atoms with Crippen molar-refractivity contribution in [1.82, 2.24) is 0 Å². The molecule has 0 bridgehead atoms. The fourth-order valence-corrected chi connectivity index (χ4v) is 2.92. The number of carbonyl (C=O) groups is 1. The molecule has 0 saturated heterocycles. The monoisotopic (exact) mass is 359 g/mol. The van der Waals surface area contributed by atoms with Crippen molar-refractivity contribution in [3.05, 3.63) is 84.4 Å². The van der Waals surface area contributed by atoms with Gasteiger partial charge in [-0.15, -0.1) is 0 Å². The third-order valence-electron chi connectivity index (χ3n) is 4.39. The van der Waals surface area contributed by atoms with Gasteiger partial charge in [-0.1, -0.05) is 74.0 Å². The van der Waals surface area contributed by atoms with Crippen LogP contribution in [-0.2, 0) is 11.2 Å². The largest absolute Gasteiger partial charge is 0.483 e. The van der Waals surface area contributed by atoms with Gasteiger partial charge in [0.2, 0.25) is 0 Å². The molecule has 0 radical (unpaired) electrons. The van der Waals surface area contributed by atoms with E-state index in [0.717, 1.165) is 23.2 Å². The summed E-state index contributed by atoms with van der Waals surface area (Å²) < 4.78 is 5.79. The summed E-state index contributed by atoms with van der Waals surface area (Å²) in [5.41, 5.74) is 4.13. The molecular formula is C24H25NO2. The quantitative estimate of drug-likeness (QED) is 0.559. The highest BCUT2D eigenvalue weighted by atomic mass is 16.5. The van der Waals surface area contributed by atoms with Gasteiger partial charge < -0.3 is 10.1 Å². The third-order valence-corrected chi connectivity index (χ3v) is 4.39. The minimum atomic E-state index is -0.167. The molecule has 138 valence electrons. The number of ether oxygens (including phenoxy) is 1. The van der Waals surface area contributed by atoms with Crippen molar-refractivity contribution in [3.8, 4) is 16.9 Å². The molecule has 3 aromatic carbocycles. The van der Waals surface area contributed by atoms with E-state index in [-0.39, 0.29) is 12.5 Å². The van der Waals surface area contributed by atoms with E-state index in [1.807, 2.05) is 66.7 Å². The summed E-state index contributed by atoms with van der Waals surface area (Å²) in [7, 11) is 0. The molecule has 0 aromatic heterocycles. The van der Waals surface area contributed by atoms with Crippen LogP contribution in [0.15, 0.2) is 78.9 Å². The number of nitrogens with one attached hydrogen (secondary N) is 1. The van der Waals surface area contributed by atoms with Gasteiger partial charge in [-0.25, -0.2) is 0 Å². The fraction of sp³-hybridized carbons (Fsp3) is 0.208. The van der Waals surface area contributed by atoms with Crippen molar-refractivity contribution in [1.29, 1.82) is 0 Å². The van der Waals surface area contributed by atoms with Crippen LogP contribution in [0.3, 0.4) is 0 Å². The summed E-state index contributed by atoms with van der Waals surface area (Å²) in [6, 6.07) is 25.8. The SMILES string of the molecule is CCCCc1ccc(NC(=O)COc2ccccc2-c2ccccc2)cc1. The smallest absolute Gasteiger partial charge is 0.262 e. The van der Waals surface area contributed by atoms with Crippen LogP contribution in [-0.4, -0.2) is 12.5 Å². The molecule has 0 spiro atoms. The van der Waals surface area contributed by atoms with Crippen LogP contribution in [0.4, 0.5) is 5.69 Å². The Labute approximate surface area is 161 Å². The van der Waals surface area contributed by atoms with Crippen molar-refractivity contribution >= 4 is 11.6 Å². The van der Waals surface area contributed by atoms with Gasteiger partial charge in [-0.2, -0.15) is 0 Å². The van der Waals surface area contributed by atoms with Crippen molar-refractivity contribution < 1.29 is 9.53 Å². The maximum Gasteiger partial charge on any atom is 0.262 e. The number of benzene rings is 3. The normalized spacial score (nSPS) is 10.4. The van der Waals surface area contributed by atoms with E-state index in [2.05, 4.69) is 24.4 Å². The molecule has 0 aliphatic heterocycles. The summed E-state index contributed by atoms with van der Waals surface area (Å²) >= 11 is 0. The van der Waals surface area contributed by atoms with E-state index in [1.54, 1.807) is 0 Å². The highest BCUT2D eigenvalue weighted by molar-refractivity contribution is 5.92. The van der Waals surface area contributed by atoms with E-state index in [4.69, 9.17) is 4.74 Å². The highest BCUT2D eigenvalue weighted by Crippen LogP contribution is 2.29. The first-order valence-corrected chi connectivity index (χ1v) is 9.42. The highest BCUT2D eigenvalue weighted by Gasteiger charge is 2.08. The van der Waals surface area contributed by atoms with Gasteiger partial charge in [-0.3, -0.25) is 4.79 Å². The zero-order valence-corrected chi connectivity index (χ0v) is 15.7. The minimum Gasteiger partial charge on any atom is -0.483 e. The van der Waals surface area contributed by atoms with Gasteiger partial charge in [0.05, 0.1) is 0 Å². The number of hydrogen-bond acceptors (Lipinski definition) is 2. The summed E-state index contributed by atoms with van der Waals surface area (Å²) in [4.78, 5) is 12.3. The maximum absolute atomic E-state index is 12.3. The number of amides is 1. The molecule has 3 heteroatoms. The standard InChI is InChI=1S/C24H25NO2/c1-2-3-9-19-14-16-21(17-15-19)25-24(26)18-27-23-13-8-7-12-22(23)20-10-5-4-6-11-20/h4-8,10-17H,2-3,9,18H2,1H3,(H,25,26). The first-order valence-electron chi connectivity index (χ1n) is 9.42. The Morgan fingerprint density at radius 3 is 2.33 bits per heavy atom. The van der Waals surface area contributed by atoms with E-state index in [1.165, 1.54) is 18.4 Å². The summed E-state index contributed by atoms with van der Waals surface area (Å²) in [6.45, 7) is 2.16. The summed E-state index contributed by atoms with van der Waals surface area (Å²) in [5.74, 6) is 0.535. The fourth-order valence-electron chi connectivity index (χ4n) is 2.92. The minimum absolute atomic E-state index is 0.0264. The third kappa shape index (κ3) is 5.45. The molecule has 3 nitrogen and oxygen atoms in total. The Hall–Kier alpha value is -3.07. The molecule has 27 heavy (non-hydrogen) atoms. The molecular weight excluding hydrogens is 334 g/mol. The number of carbonyl (C=O) groups excluding carboxylic acids is 1. The Kier molecular flexibility index (Phi) is 6.64. The number of anilines is 1. The first kappa shape index (κ1) is 18.7. The number of aryl methyl sites for hydroxylation is 1. The second kappa shape index (κ2) is 9.58. The molecule has 3 rings (SSSR count). The topological polar surface area (TPSA) is 38.3 Å². The van der Waals surface area contributed by atoms with E-state index >= 15 is 0 Å². The van der Waals surface area contributed by atoms with Gasteiger partial charge in [0, 0.05) is 11.3 Å². The van der Waals surface area contributed by atoms with Gasteiger partial charge >= 0.3 is 0 Å². The molecule has 0 unspecified atom stereocenters. The van der Waals surface area contributed by atoms with Crippen molar-refractivity contribution in [3.63, 3.8) is 0 Å². The van der Waals surface area contributed by atoms with Crippen LogP contribution in [0, 0.1) is 0 Å². The maximum atomic E-state index is 12.3.